The molecule has 2 fully saturated rings. The Morgan fingerprint density at radius 1 is 0.977 bits per heavy atom. The minimum atomic E-state index is -1.47. The molecule has 0 spiro atoms. The number of carbonyl (C=O) groups is 7. The van der Waals surface area contributed by atoms with E-state index in [9.17, 15) is 38.7 Å². The molecular weight excluding hydrogens is 574 g/mol. The zero-order chi connectivity index (χ0) is 33.5. The number of carboxylic acids is 1. The molecule has 0 radical (unpaired) electrons. The average Bonchev–Trinajstić information content (AvgIpc) is 3.46. The highest BCUT2D eigenvalue weighted by Gasteiger charge is 2.43. The number of ether oxygens (including phenoxy) is 1. The number of nitrogens with one attached hydrogen (secondary N) is 2. The second-order valence-electron chi connectivity index (χ2n) is 12.3. The number of carboxylic acid groups (broad SMARTS) is 1. The number of aliphatic carboxylic acids is 1. The number of cyclic esters (lactones) is 1. The van der Waals surface area contributed by atoms with E-state index < -0.39 is 77.7 Å². The maximum Gasteiger partial charge on any atom is 0.308 e. The normalized spacial score (nSPS) is 28.4. The van der Waals surface area contributed by atoms with Crippen molar-refractivity contribution < 1.29 is 43.4 Å². The number of hydrogen-bond donors (Lipinski definition) is 3. The Morgan fingerprint density at radius 3 is 2.18 bits per heavy atom. The van der Waals surface area contributed by atoms with Crippen LogP contribution >= 0.6 is 0 Å². The molecule has 5 amide bonds. The van der Waals surface area contributed by atoms with Crippen molar-refractivity contribution >= 4 is 41.5 Å². The van der Waals surface area contributed by atoms with Crippen LogP contribution in [0.15, 0.2) is 0 Å². The summed E-state index contributed by atoms with van der Waals surface area (Å²) in [6, 6.07) is -3.87. The van der Waals surface area contributed by atoms with Crippen LogP contribution in [0.4, 0.5) is 0 Å². The van der Waals surface area contributed by atoms with Gasteiger partial charge < -0.3 is 35.2 Å². The smallest absolute Gasteiger partial charge is 0.308 e. The summed E-state index contributed by atoms with van der Waals surface area (Å²) in [5, 5.41) is 14.9. The number of nitrogens with zero attached hydrogens (tertiary/aromatic N) is 3. The van der Waals surface area contributed by atoms with Crippen molar-refractivity contribution in [2.45, 2.75) is 104 Å². The number of amides is 5. The first-order valence-electron chi connectivity index (χ1n) is 15.4. The lowest BCUT2D eigenvalue weighted by Gasteiger charge is -2.38. The molecule has 14 nitrogen and oxygen atoms in total. The van der Waals surface area contributed by atoms with Gasteiger partial charge in [-0.3, -0.25) is 33.6 Å². The molecule has 0 aromatic carbocycles. The maximum atomic E-state index is 13.9. The number of esters is 1. The summed E-state index contributed by atoms with van der Waals surface area (Å²) >= 11 is 0. The third-order valence-corrected chi connectivity index (χ3v) is 8.74. The van der Waals surface area contributed by atoms with E-state index in [0.717, 1.165) is 0 Å². The van der Waals surface area contributed by atoms with Crippen LogP contribution in [-0.2, 0) is 38.3 Å². The highest BCUT2D eigenvalue weighted by Crippen LogP contribution is 2.24. The Morgan fingerprint density at radius 2 is 1.61 bits per heavy atom. The van der Waals surface area contributed by atoms with Crippen LogP contribution in [0.25, 0.3) is 0 Å². The van der Waals surface area contributed by atoms with Crippen molar-refractivity contribution in [1.29, 1.82) is 0 Å². The first-order chi connectivity index (χ1) is 20.5. The summed E-state index contributed by atoms with van der Waals surface area (Å²) in [6.07, 6.45) is -0.787. The van der Waals surface area contributed by atoms with Crippen molar-refractivity contribution in [3.8, 4) is 0 Å². The van der Waals surface area contributed by atoms with Crippen molar-refractivity contribution in [3.63, 3.8) is 0 Å². The lowest BCUT2D eigenvalue weighted by Crippen LogP contribution is -2.60. The Labute approximate surface area is 259 Å². The van der Waals surface area contributed by atoms with Crippen LogP contribution in [0.2, 0.25) is 0 Å². The van der Waals surface area contributed by atoms with Gasteiger partial charge in [0.1, 0.15) is 24.2 Å². The summed E-state index contributed by atoms with van der Waals surface area (Å²) in [7, 11) is 2.95. The Kier molecular flexibility index (Phi) is 13.1. The van der Waals surface area contributed by atoms with E-state index in [1.165, 1.54) is 42.6 Å². The zero-order valence-electron chi connectivity index (χ0n) is 27.1. The molecule has 7 atom stereocenters. The Bertz CT molecular complexity index is 1110. The van der Waals surface area contributed by atoms with E-state index in [1.54, 1.807) is 20.8 Å². The van der Waals surface area contributed by atoms with Gasteiger partial charge in [0.05, 0.1) is 12.3 Å². The Hall–Kier alpha value is -3.71. The van der Waals surface area contributed by atoms with E-state index in [1.807, 2.05) is 6.92 Å². The van der Waals surface area contributed by atoms with Gasteiger partial charge in [-0.2, -0.15) is 0 Å². The number of hydrogen-bond acceptors (Lipinski definition) is 8. The molecular formula is C30H49N5O9. The standard InChI is InChI=1S/C30H49N5O9/c1-9-17(4)23-28(40)34(8)24(16(2)3)29(41)33(7)19(6)25(37)31-13-12-22(36)44-21(15-18(5)30(42)43)27(39)35-14-10-11-20(35)26(38)32-23/h16-21,23-24H,9-15H2,1-8H3,(H,31,37)(H,32,38)(H,42,43)/t17?,18?,19?,20-,21+,23?,24?/m0/s1. The summed E-state index contributed by atoms with van der Waals surface area (Å²) in [4.78, 5) is 96.0. The number of rotatable bonds is 6. The maximum absolute atomic E-state index is 13.9. The highest BCUT2D eigenvalue weighted by molar-refractivity contribution is 5.96. The molecule has 248 valence electrons. The van der Waals surface area contributed by atoms with E-state index in [0.29, 0.717) is 19.3 Å². The van der Waals surface area contributed by atoms with Crippen molar-refractivity contribution in [3.05, 3.63) is 0 Å². The van der Waals surface area contributed by atoms with Gasteiger partial charge >= 0.3 is 11.9 Å². The lowest BCUT2D eigenvalue weighted by molar-refractivity contribution is -0.164. The molecule has 0 saturated carbocycles. The van der Waals surface area contributed by atoms with Gasteiger partial charge in [-0.05, 0) is 31.6 Å². The van der Waals surface area contributed by atoms with E-state index >= 15 is 0 Å². The minimum Gasteiger partial charge on any atom is -0.481 e. The first-order valence-corrected chi connectivity index (χ1v) is 15.4. The topological polar surface area (TPSA) is 183 Å². The van der Waals surface area contributed by atoms with E-state index in [2.05, 4.69) is 10.6 Å². The lowest BCUT2D eigenvalue weighted by atomic mass is 9.94. The van der Waals surface area contributed by atoms with Crippen LogP contribution in [0, 0.1) is 17.8 Å². The molecule has 14 heteroatoms. The fourth-order valence-electron chi connectivity index (χ4n) is 5.52. The van der Waals surface area contributed by atoms with E-state index in [4.69, 9.17) is 4.74 Å². The first kappa shape index (κ1) is 36.5. The van der Waals surface area contributed by atoms with Crippen molar-refractivity contribution in [1.82, 2.24) is 25.3 Å². The van der Waals surface area contributed by atoms with Gasteiger partial charge in [0.25, 0.3) is 5.91 Å². The number of likely N-dealkylation sites (N-methyl/N-ethyl adjacent to an activating group) is 2. The molecule has 5 unspecified atom stereocenters. The second-order valence-corrected chi connectivity index (χ2v) is 12.3. The summed E-state index contributed by atoms with van der Waals surface area (Å²) in [5.41, 5.74) is 0. The predicted molar refractivity (Wildman–Crippen MR) is 159 cm³/mol. The minimum absolute atomic E-state index is 0.156. The molecule has 2 saturated heterocycles. The molecule has 0 aromatic heterocycles. The van der Waals surface area contributed by atoms with Gasteiger partial charge in [0.2, 0.25) is 23.6 Å². The SMILES string of the molecule is CCC(C)C1NC(=O)[C@@H]2CCCN2C(=O)[C@@H](CC(C)C(=O)O)OC(=O)CCNC(=O)C(C)N(C)C(=O)C(C(C)C)N(C)C1=O. The molecule has 44 heavy (non-hydrogen) atoms. The predicted octanol–water partition coefficient (Wildman–Crippen LogP) is 0.381. The van der Waals surface area contributed by atoms with Gasteiger partial charge in [-0.15, -0.1) is 0 Å². The quantitative estimate of drug-likeness (QED) is 0.352. The third-order valence-electron chi connectivity index (χ3n) is 8.74. The van der Waals surface area contributed by atoms with E-state index in [-0.39, 0.29) is 37.8 Å². The molecule has 0 aliphatic carbocycles. The van der Waals surface area contributed by atoms with Gasteiger partial charge in [-0.1, -0.05) is 41.0 Å². The molecule has 2 heterocycles. The fourth-order valence-corrected chi connectivity index (χ4v) is 5.52. The average molecular weight is 624 g/mol. The fraction of sp³-hybridized carbons (Fsp3) is 0.767. The van der Waals surface area contributed by atoms with Crippen molar-refractivity contribution in [2.75, 3.05) is 27.2 Å². The van der Waals surface area contributed by atoms with Gasteiger partial charge in [0, 0.05) is 33.6 Å². The van der Waals surface area contributed by atoms with Crippen LogP contribution in [0.3, 0.4) is 0 Å². The third kappa shape index (κ3) is 8.69. The number of fused-ring (bicyclic) bond motifs is 1. The van der Waals surface area contributed by atoms with Gasteiger partial charge in [-0.25, -0.2) is 0 Å². The van der Waals surface area contributed by atoms with Gasteiger partial charge in [0.15, 0.2) is 6.10 Å². The molecule has 0 bridgehead atoms. The molecule has 2 rings (SSSR count). The largest absolute Gasteiger partial charge is 0.481 e. The van der Waals surface area contributed by atoms with Crippen LogP contribution in [-0.4, -0.2) is 119 Å². The zero-order valence-corrected chi connectivity index (χ0v) is 27.1. The van der Waals surface area contributed by atoms with Crippen LogP contribution in [0.5, 0.6) is 0 Å². The Balaban J connectivity index is 2.56. The summed E-state index contributed by atoms with van der Waals surface area (Å²) in [6.45, 7) is 10.2. The monoisotopic (exact) mass is 623 g/mol. The summed E-state index contributed by atoms with van der Waals surface area (Å²) in [5.74, 6) is -6.46. The molecule has 3 N–H and O–H groups in total. The van der Waals surface area contributed by atoms with Crippen LogP contribution in [0.1, 0.15) is 73.6 Å². The molecule has 2 aliphatic rings. The molecule has 0 aromatic rings. The second kappa shape index (κ2) is 15.8. The number of carbonyl (C=O) groups excluding carboxylic acids is 6. The van der Waals surface area contributed by atoms with Crippen molar-refractivity contribution in [2.24, 2.45) is 17.8 Å². The highest BCUT2D eigenvalue weighted by atomic mass is 16.5. The van der Waals surface area contributed by atoms with Crippen LogP contribution < -0.4 is 10.6 Å². The summed E-state index contributed by atoms with van der Waals surface area (Å²) < 4.78 is 5.44. The molecule has 2 aliphatic heterocycles.